The van der Waals surface area contributed by atoms with Gasteiger partial charge in [0.2, 0.25) is 0 Å². The lowest BCUT2D eigenvalue weighted by atomic mass is 9.92. The van der Waals surface area contributed by atoms with Crippen LogP contribution in [0, 0.1) is 6.92 Å². The van der Waals surface area contributed by atoms with Gasteiger partial charge >= 0.3 is 0 Å². The smallest absolute Gasteiger partial charge is 0.265 e. The lowest BCUT2D eigenvalue weighted by Crippen LogP contribution is -2.36. The highest BCUT2D eigenvalue weighted by atomic mass is 35.5. The van der Waals surface area contributed by atoms with Crippen LogP contribution in [0.3, 0.4) is 0 Å². The molecule has 0 radical (unpaired) electrons. The second-order valence-corrected chi connectivity index (χ2v) is 5.83. The van der Waals surface area contributed by atoms with Crippen molar-refractivity contribution in [1.82, 2.24) is 9.55 Å². The van der Waals surface area contributed by atoms with E-state index in [0.29, 0.717) is 5.82 Å². The molecular weight excluding hydrogens is 308 g/mol. The number of aromatic hydroxyl groups is 1. The van der Waals surface area contributed by atoms with Crippen molar-refractivity contribution in [3.05, 3.63) is 33.3 Å². The van der Waals surface area contributed by atoms with Crippen molar-refractivity contribution in [2.45, 2.75) is 32.2 Å². The van der Waals surface area contributed by atoms with Crippen LogP contribution in [0.15, 0.2) is 16.9 Å². The molecule has 6 nitrogen and oxygen atoms in total. The van der Waals surface area contributed by atoms with E-state index in [-0.39, 0.29) is 52.5 Å². The first-order valence-corrected chi connectivity index (χ1v) is 7.22. The Morgan fingerprint density at radius 3 is 2.73 bits per heavy atom. The van der Waals surface area contributed by atoms with Gasteiger partial charge in [0.05, 0.1) is 18.0 Å². The third-order valence-electron chi connectivity index (χ3n) is 3.88. The minimum atomic E-state index is -0.711. The number of benzene rings is 1. The summed E-state index contributed by atoms with van der Waals surface area (Å²) in [6.07, 6.45) is 0.369. The molecule has 3 rings (SSSR count). The fourth-order valence-corrected chi connectivity index (χ4v) is 3.09. The molecule has 1 saturated carbocycles. The standard InChI is InChI=1S/C15H13ClN2O4/c1-7-17-10-4-8(16)5-13(21)14(10)15(22)18(7)11-3-2-9(19)6-12(11)20/h4-5,11,21H,2-3,6H2,1H3. The molecule has 0 bridgehead atoms. The number of hydrogen-bond donors (Lipinski definition) is 1. The number of halogens is 1. The van der Waals surface area contributed by atoms with Crippen molar-refractivity contribution in [2.75, 3.05) is 0 Å². The molecule has 1 aliphatic carbocycles. The van der Waals surface area contributed by atoms with Crippen LogP contribution in [0.1, 0.15) is 31.1 Å². The van der Waals surface area contributed by atoms with E-state index in [1.807, 2.05) is 0 Å². The van der Waals surface area contributed by atoms with Gasteiger partial charge in [-0.05, 0) is 25.5 Å². The van der Waals surface area contributed by atoms with Crippen LogP contribution in [-0.4, -0.2) is 26.2 Å². The first-order valence-electron chi connectivity index (χ1n) is 6.84. The molecule has 7 heteroatoms. The Labute approximate surface area is 130 Å². The van der Waals surface area contributed by atoms with Crippen LogP contribution in [0.5, 0.6) is 5.75 Å². The maximum atomic E-state index is 12.7. The van der Waals surface area contributed by atoms with Gasteiger partial charge in [0.1, 0.15) is 22.7 Å². The molecule has 2 aromatic rings. The molecule has 1 fully saturated rings. The van der Waals surface area contributed by atoms with Gasteiger partial charge in [-0.15, -0.1) is 0 Å². The maximum absolute atomic E-state index is 12.7. The van der Waals surface area contributed by atoms with Crippen molar-refractivity contribution in [1.29, 1.82) is 0 Å². The summed E-state index contributed by atoms with van der Waals surface area (Å²) in [5, 5.41) is 10.3. The summed E-state index contributed by atoms with van der Waals surface area (Å²) in [4.78, 5) is 40.4. The van der Waals surface area contributed by atoms with Gasteiger partial charge < -0.3 is 5.11 Å². The number of carbonyl (C=O) groups is 2. The zero-order valence-corrected chi connectivity index (χ0v) is 12.6. The van der Waals surface area contributed by atoms with Crippen molar-refractivity contribution in [3.63, 3.8) is 0 Å². The zero-order valence-electron chi connectivity index (χ0n) is 11.8. The van der Waals surface area contributed by atoms with E-state index in [1.54, 1.807) is 6.92 Å². The quantitative estimate of drug-likeness (QED) is 0.811. The summed E-state index contributed by atoms with van der Waals surface area (Å²) in [5.74, 6) is -0.327. The highest BCUT2D eigenvalue weighted by molar-refractivity contribution is 6.31. The Morgan fingerprint density at radius 1 is 1.32 bits per heavy atom. The first-order chi connectivity index (χ1) is 10.4. The van der Waals surface area contributed by atoms with Gasteiger partial charge in [-0.3, -0.25) is 19.0 Å². The Bertz CT molecular complexity index is 872. The van der Waals surface area contributed by atoms with Gasteiger partial charge in [0, 0.05) is 11.4 Å². The third kappa shape index (κ3) is 2.29. The summed E-state index contributed by atoms with van der Waals surface area (Å²) in [5.41, 5.74) is -0.215. The average Bonchev–Trinajstić information content (AvgIpc) is 2.39. The van der Waals surface area contributed by atoms with E-state index in [2.05, 4.69) is 4.98 Å². The summed E-state index contributed by atoms with van der Waals surface area (Å²) in [6.45, 7) is 1.61. The van der Waals surface area contributed by atoms with Crippen molar-refractivity contribution in [2.24, 2.45) is 0 Å². The Balaban J connectivity index is 2.25. The van der Waals surface area contributed by atoms with E-state index in [0.717, 1.165) is 0 Å². The molecular formula is C15H13ClN2O4. The number of aromatic nitrogens is 2. The first kappa shape index (κ1) is 14.7. The minimum Gasteiger partial charge on any atom is -0.507 e. The van der Waals surface area contributed by atoms with Crippen molar-refractivity contribution < 1.29 is 14.7 Å². The van der Waals surface area contributed by atoms with E-state index >= 15 is 0 Å². The van der Waals surface area contributed by atoms with Crippen LogP contribution < -0.4 is 5.56 Å². The molecule has 1 aliphatic rings. The fraction of sp³-hybridized carbons (Fsp3) is 0.333. The number of carbonyl (C=O) groups excluding carboxylic acids is 2. The van der Waals surface area contributed by atoms with E-state index < -0.39 is 11.6 Å². The zero-order chi connectivity index (χ0) is 16.0. The molecule has 1 N–H and O–H groups in total. The molecule has 22 heavy (non-hydrogen) atoms. The van der Waals surface area contributed by atoms with Crippen LogP contribution in [0.25, 0.3) is 10.9 Å². The van der Waals surface area contributed by atoms with Crippen LogP contribution in [0.2, 0.25) is 5.02 Å². The maximum Gasteiger partial charge on any atom is 0.265 e. The number of ketones is 2. The second kappa shape index (κ2) is 5.21. The fourth-order valence-electron chi connectivity index (χ4n) is 2.88. The number of Topliss-reactive ketones (excluding diaryl/α,β-unsaturated/α-hetero) is 2. The molecule has 1 aromatic carbocycles. The van der Waals surface area contributed by atoms with Gasteiger partial charge in [-0.25, -0.2) is 4.98 Å². The molecule has 114 valence electrons. The summed E-state index contributed by atoms with van der Waals surface area (Å²) in [7, 11) is 0. The number of hydrogen-bond acceptors (Lipinski definition) is 5. The molecule has 0 amide bonds. The van der Waals surface area contributed by atoms with E-state index in [4.69, 9.17) is 11.6 Å². The third-order valence-corrected chi connectivity index (χ3v) is 4.09. The number of phenols is 1. The Morgan fingerprint density at radius 2 is 2.05 bits per heavy atom. The predicted octanol–water partition coefficient (Wildman–Crippen LogP) is 1.93. The van der Waals surface area contributed by atoms with Crippen molar-refractivity contribution in [3.8, 4) is 5.75 Å². The normalized spacial score (nSPS) is 18.9. The predicted molar refractivity (Wildman–Crippen MR) is 80.3 cm³/mol. The van der Waals surface area contributed by atoms with Gasteiger partial charge in [0.15, 0.2) is 5.78 Å². The lowest BCUT2D eigenvalue weighted by Gasteiger charge is -2.24. The highest BCUT2D eigenvalue weighted by Gasteiger charge is 2.31. The number of fused-ring (bicyclic) bond motifs is 1. The molecule has 1 aromatic heterocycles. The van der Waals surface area contributed by atoms with Gasteiger partial charge in [-0.1, -0.05) is 11.6 Å². The molecule has 0 saturated heterocycles. The number of aryl methyl sites for hydroxylation is 1. The molecule has 0 spiro atoms. The molecule has 1 unspecified atom stereocenters. The molecule has 1 heterocycles. The monoisotopic (exact) mass is 320 g/mol. The summed E-state index contributed by atoms with van der Waals surface area (Å²) >= 11 is 5.86. The molecule has 0 aliphatic heterocycles. The largest absolute Gasteiger partial charge is 0.507 e. The Hall–Kier alpha value is -2.21. The van der Waals surface area contributed by atoms with Crippen LogP contribution in [-0.2, 0) is 9.59 Å². The SMILES string of the molecule is Cc1nc2cc(Cl)cc(O)c2c(=O)n1C1CCC(=O)CC1=O. The van der Waals surface area contributed by atoms with Crippen molar-refractivity contribution >= 4 is 34.1 Å². The average molecular weight is 321 g/mol. The highest BCUT2D eigenvalue weighted by Crippen LogP contribution is 2.28. The lowest BCUT2D eigenvalue weighted by molar-refractivity contribution is -0.132. The van der Waals surface area contributed by atoms with Gasteiger partial charge in [-0.2, -0.15) is 0 Å². The topological polar surface area (TPSA) is 89.3 Å². The molecule has 1 atom stereocenters. The van der Waals surface area contributed by atoms with Crippen LogP contribution >= 0.6 is 11.6 Å². The number of phenolic OH excluding ortho intramolecular Hbond substituents is 1. The summed E-state index contributed by atoms with van der Waals surface area (Å²) in [6, 6.07) is 2.04. The number of nitrogens with zero attached hydrogens (tertiary/aromatic N) is 2. The van der Waals surface area contributed by atoms with E-state index in [9.17, 15) is 19.5 Å². The Kier molecular flexibility index (Phi) is 3.48. The van der Waals surface area contributed by atoms with E-state index in [1.165, 1.54) is 16.7 Å². The minimum absolute atomic E-state index is 0.0275. The second-order valence-electron chi connectivity index (χ2n) is 5.39. The number of rotatable bonds is 1. The van der Waals surface area contributed by atoms with Gasteiger partial charge in [0.25, 0.3) is 5.56 Å². The van der Waals surface area contributed by atoms with Crippen LogP contribution in [0.4, 0.5) is 0 Å². The summed E-state index contributed by atoms with van der Waals surface area (Å²) < 4.78 is 1.27.